The lowest BCUT2D eigenvalue weighted by Gasteiger charge is -2.63. The van der Waals surface area contributed by atoms with Gasteiger partial charge in [0.2, 0.25) is 0 Å². The number of hydrogen-bond donors (Lipinski definition) is 1. The van der Waals surface area contributed by atoms with E-state index in [0.29, 0.717) is 24.4 Å². The van der Waals surface area contributed by atoms with Crippen LogP contribution in [0.25, 0.3) is 0 Å². The number of carbonyl (C=O) groups is 2. The van der Waals surface area contributed by atoms with Gasteiger partial charge in [-0.05, 0) is 86.1 Å². The maximum absolute atomic E-state index is 17.6. The third-order valence-corrected chi connectivity index (χ3v) is 12.8. The molecule has 6 rings (SSSR count). The van der Waals surface area contributed by atoms with E-state index in [9.17, 15) is 14.7 Å². The van der Waals surface area contributed by atoms with Gasteiger partial charge in [-0.1, -0.05) is 61.0 Å². The number of aliphatic hydroxyl groups excluding tert-OH is 1. The summed E-state index contributed by atoms with van der Waals surface area (Å²) in [6, 6.07) is 7.89. The SMILES string of the molecule is CCCSC(=O)C12CN(Cc3cccc(Cl)c3)CC1CC1C3CCC4=CC(=O)C=CC4(C)C3(F)C(O)CC12C. The lowest BCUT2D eigenvalue weighted by atomic mass is 9.43. The Balaban J connectivity index is 1.38. The van der Waals surface area contributed by atoms with Crippen LogP contribution < -0.4 is 0 Å². The first-order valence-corrected chi connectivity index (χ1v) is 15.8. The number of aliphatic hydroxyl groups is 1. The van der Waals surface area contributed by atoms with Gasteiger partial charge in [0.25, 0.3) is 0 Å². The fraction of sp³-hybridized carbons (Fsp3) is 0.625. The summed E-state index contributed by atoms with van der Waals surface area (Å²) < 4.78 is 17.6. The number of fused-ring (bicyclic) bond motifs is 7. The van der Waals surface area contributed by atoms with Gasteiger partial charge in [-0.25, -0.2) is 4.39 Å². The predicted octanol–water partition coefficient (Wildman–Crippen LogP) is 6.41. The van der Waals surface area contributed by atoms with Gasteiger partial charge in [0.05, 0.1) is 11.5 Å². The Labute approximate surface area is 240 Å². The highest BCUT2D eigenvalue weighted by Gasteiger charge is 2.77. The van der Waals surface area contributed by atoms with E-state index < -0.39 is 28.0 Å². The van der Waals surface area contributed by atoms with Crippen LogP contribution in [0, 0.1) is 34.0 Å². The summed E-state index contributed by atoms with van der Waals surface area (Å²) >= 11 is 7.70. The molecule has 210 valence electrons. The maximum atomic E-state index is 17.6. The normalized spacial score (nSPS) is 42.9. The van der Waals surface area contributed by atoms with Crippen molar-refractivity contribution in [2.24, 2.45) is 34.0 Å². The average molecular weight is 572 g/mol. The molecular weight excluding hydrogens is 533 g/mol. The highest BCUT2D eigenvalue weighted by atomic mass is 35.5. The van der Waals surface area contributed by atoms with Gasteiger partial charge < -0.3 is 5.11 Å². The third-order valence-electron chi connectivity index (χ3n) is 11.3. The van der Waals surface area contributed by atoms with Crippen molar-refractivity contribution in [3.05, 3.63) is 58.7 Å². The Bertz CT molecular complexity index is 1270. The number of benzene rings is 1. The highest BCUT2D eigenvalue weighted by Crippen LogP contribution is 2.74. The number of halogens is 2. The lowest BCUT2D eigenvalue weighted by molar-refractivity contribution is -0.204. The van der Waals surface area contributed by atoms with Crippen LogP contribution in [0.2, 0.25) is 5.02 Å². The zero-order valence-electron chi connectivity index (χ0n) is 23.1. The fourth-order valence-corrected chi connectivity index (χ4v) is 10.9. The molecule has 0 aromatic heterocycles. The van der Waals surface area contributed by atoms with E-state index in [1.807, 2.05) is 25.1 Å². The molecule has 1 aromatic carbocycles. The molecule has 1 heterocycles. The monoisotopic (exact) mass is 571 g/mol. The van der Waals surface area contributed by atoms with Gasteiger partial charge in [0, 0.05) is 41.7 Å². The number of thioether (sulfide) groups is 1. The molecule has 8 atom stereocenters. The molecule has 3 saturated carbocycles. The van der Waals surface area contributed by atoms with Crippen LogP contribution >= 0.6 is 23.4 Å². The molecule has 0 amide bonds. The Morgan fingerprint density at radius 3 is 2.82 bits per heavy atom. The van der Waals surface area contributed by atoms with Crippen molar-refractivity contribution in [1.82, 2.24) is 4.90 Å². The van der Waals surface area contributed by atoms with Crippen LogP contribution in [0.4, 0.5) is 4.39 Å². The molecule has 4 aliphatic carbocycles. The average Bonchev–Trinajstić information content (AvgIpc) is 3.36. The molecule has 4 fully saturated rings. The first-order valence-electron chi connectivity index (χ1n) is 14.4. The first kappa shape index (κ1) is 27.7. The second-order valence-corrected chi connectivity index (χ2v) is 14.6. The second kappa shape index (κ2) is 9.54. The third kappa shape index (κ3) is 3.77. The van der Waals surface area contributed by atoms with Crippen LogP contribution in [0.5, 0.6) is 0 Å². The molecule has 8 unspecified atom stereocenters. The zero-order valence-corrected chi connectivity index (χ0v) is 24.7. The van der Waals surface area contributed by atoms with Crippen molar-refractivity contribution < 1.29 is 19.1 Å². The van der Waals surface area contributed by atoms with Crippen LogP contribution in [0.1, 0.15) is 58.4 Å². The zero-order chi connectivity index (χ0) is 27.8. The molecule has 7 heteroatoms. The predicted molar refractivity (Wildman–Crippen MR) is 154 cm³/mol. The molecular formula is C32H39ClFNO3S. The van der Waals surface area contributed by atoms with Crippen molar-refractivity contribution in [2.75, 3.05) is 18.8 Å². The summed E-state index contributed by atoms with van der Waals surface area (Å²) in [5.74, 6) is 0.421. The minimum Gasteiger partial charge on any atom is -0.390 e. The van der Waals surface area contributed by atoms with Gasteiger partial charge in [-0.2, -0.15) is 0 Å². The fourth-order valence-electron chi connectivity index (χ4n) is 9.55. The molecule has 5 aliphatic rings. The Kier molecular flexibility index (Phi) is 6.77. The van der Waals surface area contributed by atoms with Crippen molar-refractivity contribution in [3.8, 4) is 0 Å². The maximum Gasteiger partial charge on any atom is 0.197 e. The largest absolute Gasteiger partial charge is 0.390 e. The smallest absolute Gasteiger partial charge is 0.197 e. The molecule has 1 saturated heterocycles. The van der Waals surface area contributed by atoms with Crippen LogP contribution in [-0.4, -0.2) is 51.5 Å². The van der Waals surface area contributed by atoms with Gasteiger partial charge >= 0.3 is 0 Å². The highest BCUT2D eigenvalue weighted by molar-refractivity contribution is 8.13. The van der Waals surface area contributed by atoms with E-state index in [1.54, 1.807) is 12.2 Å². The minimum absolute atomic E-state index is 0.000186. The number of ketones is 1. The molecule has 0 spiro atoms. The van der Waals surface area contributed by atoms with Crippen LogP contribution in [0.15, 0.2) is 48.1 Å². The molecule has 39 heavy (non-hydrogen) atoms. The van der Waals surface area contributed by atoms with E-state index in [-0.39, 0.29) is 35.1 Å². The lowest BCUT2D eigenvalue weighted by Crippen LogP contribution is -2.68. The number of hydrogen-bond acceptors (Lipinski definition) is 5. The molecule has 0 radical (unpaired) electrons. The summed E-state index contributed by atoms with van der Waals surface area (Å²) in [6.45, 7) is 8.27. The topological polar surface area (TPSA) is 57.6 Å². The number of nitrogens with zero attached hydrogens (tertiary/aromatic N) is 1. The Morgan fingerprint density at radius 1 is 1.28 bits per heavy atom. The standard InChI is InChI=1S/C32H39ClFNO3S/c1-4-12-39-28(38)31-19-35(17-20-6-5-7-23(33)13-20)18-22(31)15-26-25-9-8-21-14-24(36)10-11-29(21,2)32(25,34)27(37)16-30(26,31)3/h5-7,10-11,13-14,22,25-27,37H,4,8-9,12,15-19H2,1-3H3. The summed E-state index contributed by atoms with van der Waals surface area (Å²) in [7, 11) is 0. The van der Waals surface area contributed by atoms with Crippen molar-refractivity contribution >= 4 is 34.3 Å². The van der Waals surface area contributed by atoms with E-state index in [0.717, 1.165) is 42.8 Å². The van der Waals surface area contributed by atoms with Crippen molar-refractivity contribution in [3.63, 3.8) is 0 Å². The quantitative estimate of drug-likeness (QED) is 0.443. The summed E-state index contributed by atoms with van der Waals surface area (Å²) in [6.07, 6.45) is 6.78. The van der Waals surface area contributed by atoms with Gasteiger partial charge in [0.1, 0.15) is 0 Å². The number of likely N-dealkylation sites (tertiary alicyclic amines) is 1. The number of alkyl halides is 1. The summed E-state index contributed by atoms with van der Waals surface area (Å²) in [4.78, 5) is 28.8. The van der Waals surface area contributed by atoms with E-state index >= 15 is 4.39 Å². The van der Waals surface area contributed by atoms with Gasteiger partial charge in [0.15, 0.2) is 16.6 Å². The Morgan fingerprint density at radius 2 is 2.08 bits per heavy atom. The second-order valence-electron chi connectivity index (χ2n) is 13.1. The Hall–Kier alpha value is -1.47. The first-order chi connectivity index (χ1) is 18.5. The van der Waals surface area contributed by atoms with E-state index in [1.165, 1.54) is 17.8 Å². The number of rotatable bonds is 5. The van der Waals surface area contributed by atoms with Crippen molar-refractivity contribution in [1.29, 1.82) is 0 Å². The van der Waals surface area contributed by atoms with Gasteiger partial charge in [-0.15, -0.1) is 0 Å². The van der Waals surface area contributed by atoms with Crippen molar-refractivity contribution in [2.45, 2.75) is 71.2 Å². The molecule has 1 aromatic rings. The minimum atomic E-state index is -1.86. The van der Waals surface area contributed by atoms with Gasteiger partial charge in [-0.3, -0.25) is 14.5 Å². The van der Waals surface area contributed by atoms with E-state index in [4.69, 9.17) is 11.6 Å². The van der Waals surface area contributed by atoms with Crippen LogP contribution in [-0.2, 0) is 16.1 Å². The molecule has 4 nitrogen and oxygen atoms in total. The molecule has 1 aliphatic heterocycles. The number of allylic oxidation sites excluding steroid dienone is 4. The number of carbonyl (C=O) groups excluding carboxylic acids is 2. The van der Waals surface area contributed by atoms with Crippen LogP contribution in [0.3, 0.4) is 0 Å². The summed E-state index contributed by atoms with van der Waals surface area (Å²) in [5.41, 5.74) is -2.09. The van der Waals surface area contributed by atoms with E-state index in [2.05, 4.69) is 24.8 Å². The summed E-state index contributed by atoms with van der Waals surface area (Å²) in [5, 5.41) is 12.7. The molecule has 1 N–H and O–H groups in total. The molecule has 0 bridgehead atoms.